The van der Waals surface area contributed by atoms with Crippen molar-refractivity contribution in [2.45, 2.75) is 23.4 Å². The molecule has 0 saturated carbocycles. The maximum Gasteiger partial charge on any atom is 0.441 e. The monoisotopic (exact) mass is 329 g/mol. The molecule has 1 aromatic rings. The average Bonchev–Trinajstić information content (AvgIpc) is 2.34. The molecule has 1 rings (SSSR count). The maximum atomic E-state index is 11.9. The summed E-state index contributed by atoms with van der Waals surface area (Å²) < 4.78 is 61.3. The summed E-state index contributed by atoms with van der Waals surface area (Å²) >= 11 is -0.284. The minimum Gasteiger partial charge on any atom is -0.389 e. The molecule has 0 amide bonds. The second kappa shape index (κ2) is 6.79. The fourth-order valence-electron chi connectivity index (χ4n) is 1.35. The molecule has 9 heteroatoms. The summed E-state index contributed by atoms with van der Waals surface area (Å²) in [7, 11) is -3.83. The van der Waals surface area contributed by atoms with Crippen LogP contribution in [0.1, 0.15) is 18.6 Å². The summed E-state index contributed by atoms with van der Waals surface area (Å²) in [5.41, 5.74) is -3.82. The van der Waals surface area contributed by atoms with Gasteiger partial charge in [-0.15, -0.1) is 0 Å². The quantitative estimate of drug-likeness (QED) is 0.786. The number of aliphatic hydroxyl groups excluding tert-OH is 1. The van der Waals surface area contributed by atoms with Crippen molar-refractivity contribution < 1.29 is 26.7 Å². The Morgan fingerprint density at radius 2 is 1.85 bits per heavy atom. The molecular formula is C11H14F3NO3S2. The van der Waals surface area contributed by atoms with Gasteiger partial charge in [0.2, 0.25) is 10.0 Å². The molecule has 1 unspecified atom stereocenters. The van der Waals surface area contributed by atoms with Gasteiger partial charge in [0.15, 0.2) is 0 Å². The highest BCUT2D eigenvalue weighted by atomic mass is 32.2. The predicted octanol–water partition coefficient (Wildman–Crippen LogP) is 2.27. The third-order valence-electron chi connectivity index (χ3n) is 2.33. The van der Waals surface area contributed by atoms with Crippen LogP contribution in [0.5, 0.6) is 0 Å². The molecule has 0 aliphatic carbocycles. The van der Waals surface area contributed by atoms with Crippen LogP contribution in [0, 0.1) is 0 Å². The first kappa shape index (κ1) is 17.3. The van der Waals surface area contributed by atoms with Gasteiger partial charge in [-0.1, -0.05) is 12.1 Å². The SMILES string of the molecule is CC(O)c1ccc(S(=O)(=O)NCCSC(F)(F)F)cc1. The molecule has 2 N–H and O–H groups in total. The molecular weight excluding hydrogens is 315 g/mol. The van der Waals surface area contributed by atoms with E-state index in [1.807, 2.05) is 0 Å². The van der Waals surface area contributed by atoms with Crippen LogP contribution in [-0.4, -0.2) is 31.3 Å². The second-order valence-corrected chi connectivity index (χ2v) is 6.86. The number of thioether (sulfide) groups is 1. The van der Waals surface area contributed by atoms with E-state index < -0.39 is 27.4 Å². The Kier molecular flexibility index (Phi) is 5.87. The van der Waals surface area contributed by atoms with E-state index in [9.17, 15) is 26.7 Å². The van der Waals surface area contributed by atoms with Gasteiger partial charge in [0.05, 0.1) is 11.0 Å². The van der Waals surface area contributed by atoms with Gasteiger partial charge in [-0.25, -0.2) is 13.1 Å². The molecule has 1 atom stereocenters. The number of hydrogen-bond acceptors (Lipinski definition) is 4. The summed E-state index contributed by atoms with van der Waals surface area (Å²) in [6, 6.07) is 5.48. The first-order valence-corrected chi connectivity index (χ1v) is 8.07. The van der Waals surface area contributed by atoms with Crippen molar-refractivity contribution >= 4 is 21.8 Å². The fourth-order valence-corrected chi connectivity index (χ4v) is 2.95. The molecule has 114 valence electrons. The van der Waals surface area contributed by atoms with Gasteiger partial charge in [0.1, 0.15) is 0 Å². The summed E-state index contributed by atoms with van der Waals surface area (Å²) in [6.07, 6.45) is -0.720. The lowest BCUT2D eigenvalue weighted by molar-refractivity contribution is -0.0327. The number of hydrogen-bond donors (Lipinski definition) is 2. The molecule has 4 nitrogen and oxygen atoms in total. The number of benzene rings is 1. The molecule has 20 heavy (non-hydrogen) atoms. The van der Waals surface area contributed by atoms with E-state index in [0.29, 0.717) is 5.56 Å². The van der Waals surface area contributed by atoms with Crippen LogP contribution in [0.15, 0.2) is 29.2 Å². The average molecular weight is 329 g/mol. The van der Waals surface area contributed by atoms with Crippen LogP contribution >= 0.6 is 11.8 Å². The van der Waals surface area contributed by atoms with Crippen molar-refractivity contribution in [1.29, 1.82) is 0 Å². The molecule has 0 spiro atoms. The van der Waals surface area contributed by atoms with Crippen molar-refractivity contribution in [1.82, 2.24) is 4.72 Å². The molecule has 0 aliphatic heterocycles. The Bertz CT molecular complexity index is 527. The number of nitrogens with one attached hydrogen (secondary N) is 1. The zero-order valence-electron chi connectivity index (χ0n) is 10.5. The minimum atomic E-state index is -4.37. The zero-order valence-corrected chi connectivity index (χ0v) is 12.1. The second-order valence-electron chi connectivity index (χ2n) is 3.94. The Hall–Kier alpha value is -0.770. The van der Waals surface area contributed by atoms with Crippen LogP contribution in [0.3, 0.4) is 0 Å². The van der Waals surface area contributed by atoms with E-state index in [-0.39, 0.29) is 23.2 Å². The highest BCUT2D eigenvalue weighted by Gasteiger charge is 2.27. The van der Waals surface area contributed by atoms with E-state index in [1.165, 1.54) is 31.2 Å². The number of sulfonamides is 1. The number of rotatable bonds is 6. The van der Waals surface area contributed by atoms with Crippen molar-refractivity contribution in [3.05, 3.63) is 29.8 Å². The van der Waals surface area contributed by atoms with Crippen LogP contribution in [-0.2, 0) is 10.0 Å². The normalized spacial score (nSPS) is 14.2. The molecule has 0 radical (unpaired) electrons. The van der Waals surface area contributed by atoms with Gasteiger partial charge in [-0.05, 0) is 36.4 Å². The van der Waals surface area contributed by atoms with Crippen LogP contribution < -0.4 is 4.72 Å². The summed E-state index contributed by atoms with van der Waals surface area (Å²) in [6.45, 7) is 1.22. The Morgan fingerprint density at radius 1 is 1.30 bits per heavy atom. The number of halogens is 3. The van der Waals surface area contributed by atoms with Crippen molar-refractivity contribution in [3.63, 3.8) is 0 Å². The first-order valence-electron chi connectivity index (χ1n) is 5.60. The van der Waals surface area contributed by atoms with Gasteiger partial charge in [0, 0.05) is 12.3 Å². The van der Waals surface area contributed by atoms with Gasteiger partial charge < -0.3 is 5.11 Å². The van der Waals surface area contributed by atoms with Crippen LogP contribution in [0.4, 0.5) is 13.2 Å². The zero-order chi connectivity index (χ0) is 15.4. The third-order valence-corrected chi connectivity index (χ3v) is 4.55. The van der Waals surface area contributed by atoms with E-state index in [1.54, 1.807) is 0 Å². The van der Waals surface area contributed by atoms with E-state index >= 15 is 0 Å². The number of alkyl halides is 3. The number of aliphatic hydroxyl groups is 1. The topological polar surface area (TPSA) is 66.4 Å². The molecule has 0 heterocycles. The third kappa shape index (κ3) is 5.70. The largest absolute Gasteiger partial charge is 0.441 e. The first-order chi connectivity index (χ1) is 9.12. The predicted molar refractivity (Wildman–Crippen MR) is 70.8 cm³/mol. The van der Waals surface area contributed by atoms with Gasteiger partial charge >= 0.3 is 5.51 Å². The lowest BCUT2D eigenvalue weighted by Gasteiger charge is -2.09. The highest BCUT2D eigenvalue weighted by molar-refractivity contribution is 8.00. The maximum absolute atomic E-state index is 11.9. The smallest absolute Gasteiger partial charge is 0.389 e. The lowest BCUT2D eigenvalue weighted by Crippen LogP contribution is -2.26. The van der Waals surface area contributed by atoms with Crippen molar-refractivity contribution in [3.8, 4) is 0 Å². The van der Waals surface area contributed by atoms with Crippen molar-refractivity contribution in [2.75, 3.05) is 12.3 Å². The van der Waals surface area contributed by atoms with E-state index in [2.05, 4.69) is 4.72 Å². The summed E-state index contributed by atoms with van der Waals surface area (Å²) in [4.78, 5) is -0.0566. The summed E-state index contributed by atoms with van der Waals surface area (Å²) in [5.74, 6) is -0.394. The Morgan fingerprint density at radius 3 is 2.30 bits per heavy atom. The minimum absolute atomic E-state index is 0.0566. The fraction of sp³-hybridized carbons (Fsp3) is 0.455. The molecule has 0 aliphatic rings. The standard InChI is InChI=1S/C11H14F3NO3S2/c1-8(16)9-2-4-10(5-3-9)20(17,18)15-6-7-19-11(12,13)14/h2-5,8,15-16H,6-7H2,1H3. The Balaban J connectivity index is 2.60. The van der Waals surface area contributed by atoms with E-state index in [4.69, 9.17) is 0 Å². The highest BCUT2D eigenvalue weighted by Crippen LogP contribution is 2.29. The molecule has 0 fully saturated rings. The summed E-state index contributed by atoms with van der Waals surface area (Å²) in [5, 5.41) is 9.29. The Labute approximate surface area is 119 Å². The molecule has 1 aromatic carbocycles. The molecule has 0 bridgehead atoms. The lowest BCUT2D eigenvalue weighted by atomic mass is 10.1. The van der Waals surface area contributed by atoms with Crippen LogP contribution in [0.25, 0.3) is 0 Å². The van der Waals surface area contributed by atoms with E-state index in [0.717, 1.165) is 0 Å². The molecule has 0 aromatic heterocycles. The van der Waals surface area contributed by atoms with Gasteiger partial charge in [-0.2, -0.15) is 13.2 Å². The van der Waals surface area contributed by atoms with Gasteiger partial charge in [-0.3, -0.25) is 0 Å². The van der Waals surface area contributed by atoms with Crippen molar-refractivity contribution in [2.24, 2.45) is 0 Å². The van der Waals surface area contributed by atoms with Gasteiger partial charge in [0.25, 0.3) is 0 Å². The van der Waals surface area contributed by atoms with Crippen LogP contribution in [0.2, 0.25) is 0 Å². The molecule has 0 saturated heterocycles.